The third kappa shape index (κ3) is 9.63. The van der Waals surface area contributed by atoms with Crippen LogP contribution in [0.15, 0.2) is 72.4 Å². The van der Waals surface area contributed by atoms with Gasteiger partial charge in [0.05, 0.1) is 36.4 Å². The lowest BCUT2D eigenvalue weighted by molar-refractivity contribution is -0.198. The Morgan fingerprint density at radius 3 is 2.64 bits per heavy atom. The van der Waals surface area contributed by atoms with Gasteiger partial charge in [-0.05, 0) is 44.4 Å². The molecule has 8 heteroatoms. The number of rotatable bonds is 6. The van der Waals surface area contributed by atoms with Crippen molar-refractivity contribution in [3.8, 4) is 0 Å². The maximum atomic E-state index is 12.8. The zero-order valence-corrected chi connectivity index (χ0v) is 25.3. The van der Waals surface area contributed by atoms with E-state index in [9.17, 15) is 19.8 Å². The molecule has 0 amide bonds. The van der Waals surface area contributed by atoms with Crippen LogP contribution in [0.2, 0.25) is 0 Å². The molecule has 3 aliphatic heterocycles. The Morgan fingerprint density at radius 2 is 1.90 bits per heavy atom. The van der Waals surface area contributed by atoms with Crippen LogP contribution in [0.5, 0.6) is 0 Å². The van der Waals surface area contributed by atoms with Crippen LogP contribution in [-0.4, -0.2) is 70.5 Å². The summed E-state index contributed by atoms with van der Waals surface area (Å²) in [6, 6.07) is 0. The van der Waals surface area contributed by atoms with Crippen molar-refractivity contribution in [2.24, 2.45) is 17.3 Å². The van der Waals surface area contributed by atoms with E-state index in [0.29, 0.717) is 31.1 Å². The van der Waals surface area contributed by atoms with Crippen LogP contribution in [-0.2, 0) is 23.8 Å². The van der Waals surface area contributed by atoms with Crippen LogP contribution in [0.1, 0.15) is 66.2 Å². The highest BCUT2D eigenvalue weighted by molar-refractivity contribution is 5.82. The van der Waals surface area contributed by atoms with E-state index in [1.807, 2.05) is 31.2 Å². The molecule has 0 spiro atoms. The fraction of sp³-hybridized carbons (Fsp3) is 0.588. The lowest BCUT2D eigenvalue weighted by atomic mass is 9.73. The van der Waals surface area contributed by atoms with Crippen LogP contribution in [0.3, 0.4) is 0 Å². The molecule has 0 aromatic heterocycles. The van der Waals surface area contributed by atoms with Crippen LogP contribution in [0, 0.1) is 17.3 Å². The molecule has 4 bridgehead atoms. The summed E-state index contributed by atoms with van der Waals surface area (Å²) in [6.07, 6.45) is 21.0. The second-order valence-electron chi connectivity index (χ2n) is 12.1. The molecule has 232 valence electrons. The van der Waals surface area contributed by atoms with Gasteiger partial charge in [0, 0.05) is 18.9 Å². The van der Waals surface area contributed by atoms with Crippen molar-refractivity contribution in [2.45, 2.75) is 103 Å². The van der Waals surface area contributed by atoms with Crippen molar-refractivity contribution in [3.05, 3.63) is 72.4 Å². The molecule has 0 aromatic carbocycles. The number of carboxylic acid groups (broad SMARTS) is 1. The molecular formula is C34H48O8. The Labute approximate surface area is 250 Å². The Morgan fingerprint density at radius 1 is 1.12 bits per heavy atom. The van der Waals surface area contributed by atoms with Crippen molar-refractivity contribution in [1.29, 1.82) is 0 Å². The van der Waals surface area contributed by atoms with Crippen molar-refractivity contribution in [1.82, 2.24) is 0 Å². The number of hydrogen-bond acceptors (Lipinski definition) is 7. The summed E-state index contributed by atoms with van der Waals surface area (Å²) in [5, 5.41) is 28.9. The first-order valence-electron chi connectivity index (χ1n) is 15.1. The minimum atomic E-state index is -1.48. The summed E-state index contributed by atoms with van der Waals surface area (Å²) in [4.78, 5) is 23.7. The number of hydrogen-bond donors (Lipinski definition) is 3. The molecular weight excluding hydrogens is 536 g/mol. The van der Waals surface area contributed by atoms with E-state index >= 15 is 0 Å². The summed E-state index contributed by atoms with van der Waals surface area (Å²) in [5.74, 6) is -0.822. The quantitative estimate of drug-likeness (QED) is 0.287. The van der Waals surface area contributed by atoms with Gasteiger partial charge in [0.2, 0.25) is 0 Å². The fourth-order valence-corrected chi connectivity index (χ4v) is 5.69. The molecule has 3 aliphatic rings. The van der Waals surface area contributed by atoms with Crippen molar-refractivity contribution in [2.75, 3.05) is 6.61 Å². The van der Waals surface area contributed by atoms with Gasteiger partial charge in [0.15, 0.2) is 6.10 Å². The maximum absolute atomic E-state index is 12.8. The number of aliphatic carboxylic acids is 1. The highest BCUT2D eigenvalue weighted by atomic mass is 16.6. The minimum absolute atomic E-state index is 0.0380. The summed E-state index contributed by atoms with van der Waals surface area (Å²) < 4.78 is 18.7. The number of ether oxygens (including phenoxy) is 3. The van der Waals surface area contributed by atoms with Crippen molar-refractivity contribution in [3.63, 3.8) is 0 Å². The molecule has 3 N–H and O–H groups in total. The van der Waals surface area contributed by atoms with E-state index in [4.69, 9.17) is 19.3 Å². The molecule has 9 atom stereocenters. The van der Waals surface area contributed by atoms with Gasteiger partial charge in [-0.3, -0.25) is 0 Å². The molecule has 0 saturated carbocycles. The summed E-state index contributed by atoms with van der Waals surface area (Å²) in [6.45, 7) is 8.17. The van der Waals surface area contributed by atoms with Gasteiger partial charge in [-0.2, -0.15) is 0 Å². The predicted molar refractivity (Wildman–Crippen MR) is 162 cm³/mol. The number of allylic oxidation sites excluding steroid dienone is 6. The van der Waals surface area contributed by atoms with Gasteiger partial charge in [-0.25, -0.2) is 9.59 Å². The van der Waals surface area contributed by atoms with Crippen LogP contribution >= 0.6 is 0 Å². The number of aliphatic hydroxyl groups is 2. The average molecular weight is 585 g/mol. The number of aliphatic hydroxyl groups excluding tert-OH is 2. The predicted octanol–water partition coefficient (Wildman–Crippen LogP) is 5.23. The Kier molecular flexibility index (Phi) is 13.0. The highest BCUT2D eigenvalue weighted by Crippen LogP contribution is 2.41. The smallest absolute Gasteiger partial charge is 0.332 e. The topological polar surface area (TPSA) is 123 Å². The zero-order valence-electron chi connectivity index (χ0n) is 25.3. The van der Waals surface area contributed by atoms with E-state index in [-0.39, 0.29) is 31.3 Å². The van der Waals surface area contributed by atoms with Gasteiger partial charge in [0.1, 0.15) is 6.10 Å². The van der Waals surface area contributed by atoms with Crippen molar-refractivity contribution < 1.29 is 39.1 Å². The van der Waals surface area contributed by atoms with Crippen molar-refractivity contribution >= 4 is 11.9 Å². The van der Waals surface area contributed by atoms with E-state index < -0.39 is 35.7 Å². The molecule has 1 unspecified atom stereocenters. The lowest BCUT2D eigenvalue weighted by Crippen LogP contribution is -2.55. The summed E-state index contributed by atoms with van der Waals surface area (Å²) in [5.41, 5.74) is 0.265. The zero-order chi connectivity index (χ0) is 30.7. The minimum Gasteiger partial charge on any atom is -0.479 e. The molecule has 8 nitrogen and oxygen atoms in total. The normalized spacial score (nSPS) is 39.7. The van der Waals surface area contributed by atoms with Crippen LogP contribution < -0.4 is 0 Å². The Bertz CT molecular complexity index is 1090. The number of esters is 1. The second-order valence-corrected chi connectivity index (χ2v) is 12.1. The number of carbonyl (C=O) groups is 2. The molecule has 3 rings (SSSR count). The van der Waals surface area contributed by atoms with E-state index in [1.165, 1.54) is 6.08 Å². The average Bonchev–Trinajstić information content (AvgIpc) is 2.94. The summed E-state index contributed by atoms with van der Waals surface area (Å²) in [7, 11) is 0. The third-order valence-corrected chi connectivity index (χ3v) is 8.73. The van der Waals surface area contributed by atoms with Gasteiger partial charge >= 0.3 is 11.9 Å². The number of carboxylic acids is 1. The highest BCUT2D eigenvalue weighted by Gasteiger charge is 2.49. The largest absolute Gasteiger partial charge is 0.479 e. The van der Waals surface area contributed by atoms with Crippen LogP contribution in [0.25, 0.3) is 0 Å². The lowest BCUT2D eigenvalue weighted by Gasteiger charge is -2.47. The van der Waals surface area contributed by atoms with Gasteiger partial charge in [-0.15, -0.1) is 0 Å². The van der Waals surface area contributed by atoms with E-state index in [2.05, 4.69) is 39.0 Å². The van der Waals surface area contributed by atoms with Gasteiger partial charge in [0.25, 0.3) is 0 Å². The second kappa shape index (κ2) is 16.2. The van der Waals surface area contributed by atoms with Gasteiger partial charge in [-0.1, -0.05) is 87.1 Å². The summed E-state index contributed by atoms with van der Waals surface area (Å²) >= 11 is 0. The first-order chi connectivity index (χ1) is 20.0. The number of carbonyl (C=O) groups excluding carboxylic acids is 1. The van der Waals surface area contributed by atoms with Gasteiger partial charge < -0.3 is 29.5 Å². The third-order valence-electron chi connectivity index (χ3n) is 8.73. The first kappa shape index (κ1) is 33.7. The fourth-order valence-electron chi connectivity index (χ4n) is 5.69. The molecule has 3 heterocycles. The van der Waals surface area contributed by atoms with E-state index in [1.54, 1.807) is 18.2 Å². The molecule has 42 heavy (non-hydrogen) atoms. The first-order valence-corrected chi connectivity index (χ1v) is 15.1. The maximum Gasteiger partial charge on any atom is 0.332 e. The van der Waals surface area contributed by atoms with E-state index in [0.717, 1.165) is 18.4 Å². The Hall–Kier alpha value is -2.78. The Balaban J connectivity index is 1.82. The number of fused-ring (bicyclic) bond motifs is 4. The van der Waals surface area contributed by atoms with Crippen LogP contribution in [0.4, 0.5) is 0 Å². The molecule has 0 aliphatic carbocycles. The molecule has 0 aromatic rings. The standard InChI is InChI=1S/C34H48O8/c1-23-13-7-5-8-15-27-21-31(34(4,22-35)30(41-27)17-12-11-16-28(36)33(38)39)42-32(37)18-10-6-9-14-26-20-24(2)25(3)29(19-23)40-26/h6-13,15,18-19,24-31,35-36H,5,14,16-17,20-22H2,1-4H3,(H,38,39)/b9-6+,12-11-,13-7+,15-8+,18-10+,23-19-/t24-,25+,26-,27+,28?,29+,30-,31+,34-/m0/s1. The SMILES string of the molecule is CC1=C/[C@H]2O[C@@H](C/C=C/C=C/C(=O)O[C@@H]3C[C@@H](/C=C/C\C=C\1)O[C@@H](C/C=C\CC(O)C(=O)O)[C@]3(C)CO)C[C@H](C)[C@H]2C. The molecule has 2 saturated heterocycles. The molecule has 0 radical (unpaired) electrons. The monoisotopic (exact) mass is 584 g/mol. The molecule has 2 fully saturated rings.